The number of nitrogens with one attached hydrogen (secondary N) is 4. The molecule has 0 saturated heterocycles. The summed E-state index contributed by atoms with van der Waals surface area (Å²) >= 11 is 0. The molecule has 1 aromatic heterocycles. The van der Waals surface area contributed by atoms with Crippen molar-refractivity contribution in [3.05, 3.63) is 41.6 Å². The summed E-state index contributed by atoms with van der Waals surface area (Å²) in [7, 11) is 0. The first-order valence-corrected chi connectivity index (χ1v) is 7.80. The van der Waals surface area contributed by atoms with Crippen LogP contribution >= 0.6 is 0 Å². The number of aryl methyl sites for hydroxylation is 1. The van der Waals surface area contributed by atoms with E-state index < -0.39 is 17.7 Å². The van der Waals surface area contributed by atoms with E-state index in [1.165, 1.54) is 0 Å². The van der Waals surface area contributed by atoms with Crippen molar-refractivity contribution in [3.63, 3.8) is 0 Å². The molecule has 0 atom stereocenters. The van der Waals surface area contributed by atoms with Crippen LogP contribution in [-0.4, -0.2) is 35.6 Å². The molecule has 0 fully saturated rings. The molecular formula is C16H20F2N6O. The van der Waals surface area contributed by atoms with Crippen LogP contribution in [0.5, 0.6) is 0 Å². The molecule has 9 heteroatoms. The van der Waals surface area contributed by atoms with E-state index in [9.17, 15) is 13.6 Å². The molecule has 0 unspecified atom stereocenters. The number of urea groups is 1. The van der Waals surface area contributed by atoms with Gasteiger partial charge in [-0.2, -0.15) is 4.98 Å². The molecule has 0 aliphatic heterocycles. The summed E-state index contributed by atoms with van der Waals surface area (Å²) in [4.78, 5) is 20.2. The Morgan fingerprint density at radius 1 is 1.04 bits per heavy atom. The van der Waals surface area contributed by atoms with Crippen LogP contribution in [0.25, 0.3) is 0 Å². The molecule has 1 heterocycles. The molecule has 2 rings (SSSR count). The van der Waals surface area contributed by atoms with Crippen molar-refractivity contribution < 1.29 is 13.6 Å². The number of aromatic nitrogens is 2. The Hall–Kier alpha value is -2.97. The van der Waals surface area contributed by atoms with Crippen molar-refractivity contribution in [2.45, 2.75) is 13.8 Å². The Morgan fingerprint density at radius 2 is 1.76 bits per heavy atom. The minimum Gasteiger partial charge on any atom is -0.370 e. The summed E-state index contributed by atoms with van der Waals surface area (Å²) in [5, 5.41) is 11.0. The van der Waals surface area contributed by atoms with Crippen LogP contribution in [0.2, 0.25) is 0 Å². The van der Waals surface area contributed by atoms with Crippen LogP contribution in [0, 0.1) is 18.6 Å². The highest BCUT2D eigenvalue weighted by Gasteiger charge is 2.05. The highest BCUT2D eigenvalue weighted by atomic mass is 19.1. The number of anilines is 3. The van der Waals surface area contributed by atoms with Gasteiger partial charge in [0.2, 0.25) is 5.95 Å². The van der Waals surface area contributed by atoms with Crippen LogP contribution in [0.3, 0.4) is 0 Å². The van der Waals surface area contributed by atoms with Crippen molar-refractivity contribution in [1.82, 2.24) is 15.3 Å². The minimum absolute atomic E-state index is 0.0419. The molecule has 2 amide bonds. The number of carbonyl (C=O) groups is 1. The highest BCUT2D eigenvalue weighted by Crippen LogP contribution is 2.12. The third kappa shape index (κ3) is 6.21. The molecule has 0 spiro atoms. The van der Waals surface area contributed by atoms with E-state index in [2.05, 4.69) is 31.2 Å². The van der Waals surface area contributed by atoms with Crippen LogP contribution in [0.4, 0.5) is 31.0 Å². The first-order valence-electron chi connectivity index (χ1n) is 7.80. The average Bonchev–Trinajstić information content (AvgIpc) is 2.50. The molecule has 25 heavy (non-hydrogen) atoms. The van der Waals surface area contributed by atoms with E-state index in [4.69, 9.17) is 0 Å². The minimum atomic E-state index is -0.759. The van der Waals surface area contributed by atoms with E-state index in [-0.39, 0.29) is 12.2 Å². The molecule has 0 aliphatic rings. The number of halogens is 2. The van der Waals surface area contributed by atoms with Gasteiger partial charge in [0.1, 0.15) is 17.5 Å². The maximum atomic E-state index is 13.1. The topological polar surface area (TPSA) is 91.0 Å². The van der Waals surface area contributed by atoms with E-state index in [1.54, 1.807) is 0 Å². The SMILES string of the molecule is CCNc1cc(C)nc(NCCNC(=O)Nc2cc(F)cc(F)c2)n1. The fourth-order valence-electron chi connectivity index (χ4n) is 2.07. The van der Waals surface area contributed by atoms with Crippen molar-refractivity contribution in [1.29, 1.82) is 0 Å². The number of rotatable bonds is 7. The predicted octanol–water partition coefficient (Wildman–Crippen LogP) is 2.73. The first-order chi connectivity index (χ1) is 12.0. The molecule has 134 valence electrons. The largest absolute Gasteiger partial charge is 0.370 e. The quantitative estimate of drug-likeness (QED) is 0.577. The second kappa shape index (κ2) is 8.76. The van der Waals surface area contributed by atoms with Gasteiger partial charge in [-0.1, -0.05) is 0 Å². The molecule has 0 bridgehead atoms. The molecule has 2 aromatic rings. The van der Waals surface area contributed by atoms with E-state index in [0.29, 0.717) is 12.5 Å². The van der Waals surface area contributed by atoms with Gasteiger partial charge in [0.05, 0.1) is 0 Å². The molecule has 0 saturated carbocycles. The fraction of sp³-hybridized carbons (Fsp3) is 0.312. The van der Waals surface area contributed by atoms with Crippen molar-refractivity contribution in [2.75, 3.05) is 35.6 Å². The fourth-order valence-corrected chi connectivity index (χ4v) is 2.07. The zero-order chi connectivity index (χ0) is 18.2. The predicted molar refractivity (Wildman–Crippen MR) is 92.8 cm³/mol. The molecule has 1 aromatic carbocycles. The number of hydrogen-bond acceptors (Lipinski definition) is 5. The third-order valence-corrected chi connectivity index (χ3v) is 3.03. The lowest BCUT2D eigenvalue weighted by Crippen LogP contribution is -2.32. The van der Waals surface area contributed by atoms with Gasteiger partial charge in [-0.15, -0.1) is 0 Å². The number of amides is 2. The number of benzene rings is 1. The molecule has 7 nitrogen and oxygen atoms in total. The zero-order valence-corrected chi connectivity index (χ0v) is 14.0. The normalized spacial score (nSPS) is 10.2. The van der Waals surface area contributed by atoms with Crippen LogP contribution in [0.1, 0.15) is 12.6 Å². The summed E-state index contributed by atoms with van der Waals surface area (Å²) < 4.78 is 26.1. The van der Waals surface area contributed by atoms with Gasteiger partial charge in [-0.25, -0.2) is 18.6 Å². The van der Waals surface area contributed by atoms with Gasteiger partial charge in [0.25, 0.3) is 0 Å². The Kier molecular flexibility index (Phi) is 6.44. The Balaban J connectivity index is 1.78. The second-order valence-electron chi connectivity index (χ2n) is 5.21. The number of hydrogen-bond donors (Lipinski definition) is 4. The highest BCUT2D eigenvalue weighted by molar-refractivity contribution is 5.89. The Bertz CT molecular complexity index is 720. The van der Waals surface area contributed by atoms with E-state index >= 15 is 0 Å². The smallest absolute Gasteiger partial charge is 0.319 e. The van der Waals surface area contributed by atoms with Gasteiger partial charge < -0.3 is 21.3 Å². The average molecular weight is 350 g/mol. The van der Waals surface area contributed by atoms with Gasteiger partial charge in [-0.05, 0) is 26.0 Å². The Morgan fingerprint density at radius 3 is 2.44 bits per heavy atom. The lowest BCUT2D eigenvalue weighted by molar-refractivity contribution is 0.252. The zero-order valence-electron chi connectivity index (χ0n) is 14.0. The third-order valence-electron chi connectivity index (χ3n) is 3.03. The summed E-state index contributed by atoms with van der Waals surface area (Å²) in [6.45, 7) is 5.24. The first kappa shape index (κ1) is 18.4. The van der Waals surface area contributed by atoms with Crippen LogP contribution in [-0.2, 0) is 0 Å². The molecular weight excluding hydrogens is 330 g/mol. The maximum Gasteiger partial charge on any atom is 0.319 e. The van der Waals surface area contributed by atoms with E-state index in [0.717, 1.165) is 36.3 Å². The molecule has 0 aliphatic carbocycles. The summed E-state index contributed by atoms with van der Waals surface area (Å²) in [5.74, 6) is -0.350. The molecule has 4 N–H and O–H groups in total. The number of carbonyl (C=O) groups excluding carboxylic acids is 1. The van der Waals surface area contributed by atoms with Crippen molar-refractivity contribution >= 4 is 23.5 Å². The van der Waals surface area contributed by atoms with Gasteiger partial charge in [0.15, 0.2) is 0 Å². The number of nitrogens with zero attached hydrogens (tertiary/aromatic N) is 2. The standard InChI is InChI=1S/C16H20F2N6O/c1-3-19-14-6-10(2)22-15(24-14)20-4-5-21-16(25)23-13-8-11(17)7-12(18)9-13/h6-9H,3-5H2,1-2H3,(H2,21,23,25)(H2,19,20,22,24). The van der Waals surface area contributed by atoms with Gasteiger partial charge in [-0.3, -0.25) is 0 Å². The van der Waals surface area contributed by atoms with Crippen molar-refractivity contribution in [2.24, 2.45) is 0 Å². The summed E-state index contributed by atoms with van der Waals surface area (Å²) in [5.41, 5.74) is 0.854. The summed E-state index contributed by atoms with van der Waals surface area (Å²) in [6.07, 6.45) is 0. The van der Waals surface area contributed by atoms with E-state index in [1.807, 2.05) is 19.9 Å². The monoisotopic (exact) mass is 350 g/mol. The van der Waals surface area contributed by atoms with Crippen LogP contribution in [0.15, 0.2) is 24.3 Å². The Labute approximate surface area is 144 Å². The van der Waals surface area contributed by atoms with Crippen molar-refractivity contribution in [3.8, 4) is 0 Å². The molecule has 0 radical (unpaired) electrons. The lowest BCUT2D eigenvalue weighted by Gasteiger charge is -2.10. The lowest BCUT2D eigenvalue weighted by atomic mass is 10.3. The summed E-state index contributed by atoms with van der Waals surface area (Å²) in [6, 6.07) is 4.06. The maximum absolute atomic E-state index is 13.1. The second-order valence-corrected chi connectivity index (χ2v) is 5.21. The van der Waals surface area contributed by atoms with Gasteiger partial charge in [0, 0.05) is 43.1 Å². The van der Waals surface area contributed by atoms with Gasteiger partial charge >= 0.3 is 6.03 Å². The van der Waals surface area contributed by atoms with Crippen LogP contribution < -0.4 is 21.3 Å².